The van der Waals surface area contributed by atoms with Crippen molar-refractivity contribution in [2.24, 2.45) is 5.92 Å². The topological polar surface area (TPSA) is 82.0 Å². The van der Waals surface area contributed by atoms with E-state index in [4.69, 9.17) is 5.26 Å². The first-order chi connectivity index (χ1) is 13.2. The molecular weight excluding hydrogens is 338 g/mol. The molecule has 5 nitrogen and oxygen atoms in total. The van der Waals surface area contributed by atoms with Crippen LogP contribution >= 0.6 is 0 Å². The van der Waals surface area contributed by atoms with Gasteiger partial charge in [-0.1, -0.05) is 12.1 Å². The minimum atomic E-state index is 0.0281. The van der Waals surface area contributed by atoms with Gasteiger partial charge >= 0.3 is 0 Å². The molecule has 3 rings (SSSR count). The Morgan fingerprint density at radius 1 is 1.07 bits per heavy atom. The van der Waals surface area contributed by atoms with Crippen LogP contribution in [-0.4, -0.2) is 12.3 Å². The Labute approximate surface area is 159 Å². The number of amides is 2. The van der Waals surface area contributed by atoms with Crippen LogP contribution in [0.1, 0.15) is 49.1 Å². The molecule has 0 aromatic heterocycles. The number of nitrogens with one attached hydrogen (secondary N) is 2. The Kier molecular flexibility index (Phi) is 6.22. The van der Waals surface area contributed by atoms with Crippen LogP contribution in [0, 0.1) is 17.2 Å². The molecule has 0 heterocycles. The average Bonchev–Trinajstić information content (AvgIpc) is 2.69. The van der Waals surface area contributed by atoms with E-state index in [0.29, 0.717) is 30.2 Å². The van der Waals surface area contributed by atoms with Gasteiger partial charge in [0.1, 0.15) is 0 Å². The SMILES string of the molecule is N#Cc1ccc(NC(=O)CC2CCC(c3cccc(NC=O)c3)CC2)cc1. The summed E-state index contributed by atoms with van der Waals surface area (Å²) in [4.78, 5) is 22.9. The van der Waals surface area contributed by atoms with E-state index in [0.717, 1.165) is 37.1 Å². The van der Waals surface area contributed by atoms with Gasteiger partial charge in [0, 0.05) is 17.8 Å². The number of nitrogens with zero attached hydrogens (tertiary/aromatic N) is 1. The Balaban J connectivity index is 1.48. The highest BCUT2D eigenvalue weighted by atomic mass is 16.1. The first kappa shape index (κ1) is 18.7. The molecule has 2 amide bonds. The van der Waals surface area contributed by atoms with Crippen LogP contribution in [0.15, 0.2) is 48.5 Å². The van der Waals surface area contributed by atoms with Crippen molar-refractivity contribution < 1.29 is 9.59 Å². The van der Waals surface area contributed by atoms with Crippen LogP contribution in [0.25, 0.3) is 0 Å². The van der Waals surface area contributed by atoms with E-state index in [1.165, 1.54) is 5.56 Å². The molecule has 2 aromatic rings. The molecule has 0 bridgehead atoms. The summed E-state index contributed by atoms with van der Waals surface area (Å²) in [7, 11) is 0. The molecule has 0 atom stereocenters. The predicted octanol–water partition coefficient (Wildman–Crippen LogP) is 4.43. The lowest BCUT2D eigenvalue weighted by atomic mass is 9.77. The molecule has 2 aromatic carbocycles. The second-order valence-corrected chi connectivity index (χ2v) is 7.05. The summed E-state index contributed by atoms with van der Waals surface area (Å²) in [6.07, 6.45) is 5.38. The van der Waals surface area contributed by atoms with Crippen LogP contribution in [0.5, 0.6) is 0 Å². The number of carbonyl (C=O) groups is 2. The summed E-state index contributed by atoms with van der Waals surface area (Å²) in [5.74, 6) is 0.910. The summed E-state index contributed by atoms with van der Waals surface area (Å²) in [5.41, 5.74) is 3.39. The average molecular weight is 361 g/mol. The van der Waals surface area contributed by atoms with Gasteiger partial charge in [-0.25, -0.2) is 0 Å². The van der Waals surface area contributed by atoms with Crippen molar-refractivity contribution in [3.63, 3.8) is 0 Å². The molecule has 1 aliphatic carbocycles. The van der Waals surface area contributed by atoms with E-state index in [9.17, 15) is 9.59 Å². The van der Waals surface area contributed by atoms with E-state index >= 15 is 0 Å². The fourth-order valence-corrected chi connectivity index (χ4v) is 3.75. The maximum atomic E-state index is 12.3. The van der Waals surface area contributed by atoms with Crippen molar-refractivity contribution >= 4 is 23.7 Å². The Bertz CT molecular complexity index is 831. The fraction of sp³-hybridized carbons (Fsp3) is 0.318. The Morgan fingerprint density at radius 2 is 1.81 bits per heavy atom. The lowest BCUT2D eigenvalue weighted by Crippen LogP contribution is -2.20. The van der Waals surface area contributed by atoms with Gasteiger partial charge < -0.3 is 10.6 Å². The van der Waals surface area contributed by atoms with Crippen LogP contribution < -0.4 is 10.6 Å². The zero-order valence-electron chi connectivity index (χ0n) is 15.2. The number of carbonyl (C=O) groups excluding carboxylic acids is 2. The molecular formula is C22H23N3O2. The van der Waals surface area contributed by atoms with Crippen LogP contribution in [-0.2, 0) is 9.59 Å². The van der Waals surface area contributed by atoms with Gasteiger partial charge in [-0.2, -0.15) is 5.26 Å². The summed E-state index contributed by atoms with van der Waals surface area (Å²) < 4.78 is 0. The number of anilines is 2. The maximum absolute atomic E-state index is 12.3. The standard InChI is InChI=1S/C22H23N3O2/c23-14-17-6-10-20(11-7-17)25-22(27)12-16-4-8-18(9-5-16)19-2-1-3-21(13-19)24-15-26/h1-3,6-7,10-11,13,15-16,18H,4-5,8-9,12H2,(H,24,26)(H,25,27). The van der Waals surface area contributed by atoms with Gasteiger partial charge in [0.15, 0.2) is 0 Å². The lowest BCUT2D eigenvalue weighted by Gasteiger charge is -2.28. The third-order valence-electron chi connectivity index (χ3n) is 5.20. The van der Waals surface area contributed by atoms with Gasteiger partial charge in [0.25, 0.3) is 0 Å². The van der Waals surface area contributed by atoms with Crippen molar-refractivity contribution in [3.05, 3.63) is 59.7 Å². The van der Waals surface area contributed by atoms with Crippen molar-refractivity contribution in [2.75, 3.05) is 10.6 Å². The fourth-order valence-electron chi connectivity index (χ4n) is 3.75. The zero-order valence-corrected chi connectivity index (χ0v) is 15.2. The van der Waals surface area contributed by atoms with Crippen molar-refractivity contribution in [1.29, 1.82) is 5.26 Å². The third-order valence-corrected chi connectivity index (χ3v) is 5.20. The molecule has 27 heavy (non-hydrogen) atoms. The normalized spacial score (nSPS) is 18.9. The van der Waals surface area contributed by atoms with Gasteiger partial charge in [-0.05, 0) is 79.5 Å². The van der Waals surface area contributed by atoms with Crippen LogP contribution in [0.2, 0.25) is 0 Å². The zero-order chi connectivity index (χ0) is 19.1. The van der Waals surface area contributed by atoms with Gasteiger partial charge in [-0.3, -0.25) is 9.59 Å². The smallest absolute Gasteiger partial charge is 0.224 e. The molecule has 0 saturated heterocycles. The molecule has 0 radical (unpaired) electrons. The van der Waals surface area contributed by atoms with E-state index in [-0.39, 0.29) is 5.91 Å². The minimum absolute atomic E-state index is 0.0281. The molecule has 0 aliphatic heterocycles. The van der Waals surface area contributed by atoms with Crippen molar-refractivity contribution in [1.82, 2.24) is 0 Å². The molecule has 138 valence electrons. The largest absolute Gasteiger partial charge is 0.329 e. The van der Waals surface area contributed by atoms with Crippen molar-refractivity contribution in [3.8, 4) is 6.07 Å². The second-order valence-electron chi connectivity index (χ2n) is 7.05. The highest BCUT2D eigenvalue weighted by molar-refractivity contribution is 5.90. The predicted molar refractivity (Wildman–Crippen MR) is 105 cm³/mol. The molecule has 1 fully saturated rings. The number of rotatable bonds is 6. The quantitative estimate of drug-likeness (QED) is 0.747. The Hall–Kier alpha value is -3.13. The first-order valence-corrected chi connectivity index (χ1v) is 9.28. The highest BCUT2D eigenvalue weighted by Gasteiger charge is 2.24. The van der Waals surface area contributed by atoms with Gasteiger partial charge in [0.05, 0.1) is 11.6 Å². The van der Waals surface area contributed by atoms with E-state index in [2.05, 4.69) is 22.8 Å². The summed E-state index contributed by atoms with van der Waals surface area (Å²) in [6, 6.07) is 17.0. The molecule has 1 saturated carbocycles. The highest BCUT2D eigenvalue weighted by Crippen LogP contribution is 2.37. The number of benzene rings is 2. The molecule has 0 unspecified atom stereocenters. The summed E-state index contributed by atoms with van der Waals surface area (Å²) in [5, 5.41) is 14.4. The van der Waals surface area contributed by atoms with E-state index < -0.39 is 0 Å². The van der Waals surface area contributed by atoms with Crippen molar-refractivity contribution in [2.45, 2.75) is 38.0 Å². The Morgan fingerprint density at radius 3 is 2.48 bits per heavy atom. The molecule has 5 heteroatoms. The van der Waals surface area contributed by atoms with E-state index in [1.54, 1.807) is 24.3 Å². The van der Waals surface area contributed by atoms with Gasteiger partial charge in [0.2, 0.25) is 12.3 Å². The minimum Gasteiger partial charge on any atom is -0.329 e. The van der Waals surface area contributed by atoms with Gasteiger partial charge in [-0.15, -0.1) is 0 Å². The monoisotopic (exact) mass is 361 g/mol. The van der Waals surface area contributed by atoms with E-state index in [1.807, 2.05) is 18.2 Å². The summed E-state index contributed by atoms with van der Waals surface area (Å²) in [6.45, 7) is 0. The summed E-state index contributed by atoms with van der Waals surface area (Å²) >= 11 is 0. The van der Waals surface area contributed by atoms with Crippen LogP contribution in [0.3, 0.4) is 0 Å². The number of nitriles is 1. The number of hydrogen-bond acceptors (Lipinski definition) is 3. The van der Waals surface area contributed by atoms with Crippen LogP contribution in [0.4, 0.5) is 11.4 Å². The number of hydrogen-bond donors (Lipinski definition) is 2. The lowest BCUT2D eigenvalue weighted by molar-refractivity contribution is -0.117. The first-order valence-electron chi connectivity index (χ1n) is 9.28. The molecule has 2 N–H and O–H groups in total. The third kappa shape index (κ3) is 5.18. The molecule has 1 aliphatic rings. The second kappa shape index (κ2) is 9.00. The molecule has 0 spiro atoms. The maximum Gasteiger partial charge on any atom is 0.224 e.